The first-order valence-corrected chi connectivity index (χ1v) is 6.60. The predicted octanol–water partition coefficient (Wildman–Crippen LogP) is -0.441. The Bertz CT molecular complexity index is 218. The van der Waals surface area contributed by atoms with Crippen molar-refractivity contribution in [1.29, 1.82) is 0 Å². The summed E-state index contributed by atoms with van der Waals surface area (Å²) in [5, 5.41) is 15.6. The van der Waals surface area contributed by atoms with Crippen molar-refractivity contribution >= 4 is 5.91 Å². The van der Waals surface area contributed by atoms with Crippen LogP contribution >= 0.6 is 0 Å². The summed E-state index contributed by atoms with van der Waals surface area (Å²) < 4.78 is 0. The molecule has 0 spiro atoms. The summed E-state index contributed by atoms with van der Waals surface area (Å²) in [6, 6.07) is 0. The molecule has 0 aromatic heterocycles. The molecule has 1 atom stereocenters. The molecule has 5 heteroatoms. The Morgan fingerprint density at radius 2 is 2.12 bits per heavy atom. The van der Waals surface area contributed by atoms with E-state index in [9.17, 15) is 9.90 Å². The molecule has 1 aliphatic heterocycles. The van der Waals surface area contributed by atoms with Gasteiger partial charge in [0.15, 0.2) is 0 Å². The van der Waals surface area contributed by atoms with Gasteiger partial charge in [-0.05, 0) is 32.9 Å². The van der Waals surface area contributed by atoms with Crippen molar-refractivity contribution in [2.24, 2.45) is 0 Å². The Kier molecular flexibility index (Phi) is 7.16. The molecular weight excluding hydrogens is 218 g/mol. The van der Waals surface area contributed by atoms with E-state index in [4.69, 9.17) is 0 Å². The van der Waals surface area contributed by atoms with Crippen LogP contribution in [0.15, 0.2) is 0 Å². The van der Waals surface area contributed by atoms with Crippen LogP contribution in [0.4, 0.5) is 0 Å². The Morgan fingerprint density at radius 1 is 1.41 bits per heavy atom. The third kappa shape index (κ3) is 6.61. The van der Waals surface area contributed by atoms with Crippen molar-refractivity contribution in [3.05, 3.63) is 0 Å². The van der Waals surface area contributed by atoms with Crippen LogP contribution in [-0.2, 0) is 4.79 Å². The van der Waals surface area contributed by atoms with E-state index in [1.54, 1.807) is 0 Å². The highest BCUT2D eigenvalue weighted by atomic mass is 16.3. The highest BCUT2D eigenvalue weighted by molar-refractivity contribution is 5.75. The fourth-order valence-electron chi connectivity index (χ4n) is 2.08. The van der Waals surface area contributed by atoms with Crippen LogP contribution in [0.1, 0.15) is 26.2 Å². The standard InChI is InChI=1S/C12H25N3O2/c1-2-14-12(17)5-6-13-9-11(16)10-15-7-3-4-8-15/h11,13,16H,2-10H2,1H3,(H,14,17). The minimum atomic E-state index is -0.331. The minimum Gasteiger partial charge on any atom is -0.390 e. The zero-order valence-corrected chi connectivity index (χ0v) is 10.7. The number of carbonyl (C=O) groups is 1. The smallest absolute Gasteiger partial charge is 0.221 e. The van der Waals surface area contributed by atoms with Crippen LogP contribution in [-0.4, -0.2) is 61.3 Å². The van der Waals surface area contributed by atoms with E-state index < -0.39 is 0 Å². The second-order valence-electron chi connectivity index (χ2n) is 4.57. The number of nitrogens with zero attached hydrogens (tertiary/aromatic N) is 1. The largest absolute Gasteiger partial charge is 0.390 e. The van der Waals surface area contributed by atoms with Gasteiger partial charge in [0.05, 0.1) is 6.10 Å². The second kappa shape index (κ2) is 8.44. The number of hydrogen-bond acceptors (Lipinski definition) is 4. The highest BCUT2D eigenvalue weighted by Crippen LogP contribution is 2.07. The fourth-order valence-corrected chi connectivity index (χ4v) is 2.08. The molecule has 3 N–H and O–H groups in total. The zero-order chi connectivity index (χ0) is 12.5. The van der Waals surface area contributed by atoms with Gasteiger partial charge in [-0.25, -0.2) is 0 Å². The van der Waals surface area contributed by atoms with E-state index in [2.05, 4.69) is 15.5 Å². The highest BCUT2D eigenvalue weighted by Gasteiger charge is 2.15. The first-order chi connectivity index (χ1) is 8.22. The fraction of sp³-hybridized carbons (Fsp3) is 0.917. The SMILES string of the molecule is CCNC(=O)CCNCC(O)CN1CCCC1. The number of likely N-dealkylation sites (tertiary alicyclic amines) is 1. The molecule has 5 nitrogen and oxygen atoms in total. The van der Waals surface area contributed by atoms with Crippen LogP contribution < -0.4 is 10.6 Å². The van der Waals surface area contributed by atoms with Crippen LogP contribution in [0.25, 0.3) is 0 Å². The number of amides is 1. The minimum absolute atomic E-state index is 0.0639. The summed E-state index contributed by atoms with van der Waals surface area (Å²) in [5.74, 6) is 0.0639. The van der Waals surface area contributed by atoms with E-state index in [0.717, 1.165) is 19.6 Å². The molecule has 0 saturated carbocycles. The lowest BCUT2D eigenvalue weighted by molar-refractivity contribution is -0.120. The Labute approximate surface area is 104 Å². The third-order valence-electron chi connectivity index (χ3n) is 2.95. The van der Waals surface area contributed by atoms with Crippen LogP contribution in [0.2, 0.25) is 0 Å². The van der Waals surface area contributed by atoms with Gasteiger partial charge in [0, 0.05) is 32.6 Å². The van der Waals surface area contributed by atoms with E-state index in [1.165, 1.54) is 12.8 Å². The van der Waals surface area contributed by atoms with Gasteiger partial charge in [-0.15, -0.1) is 0 Å². The molecule has 0 aromatic rings. The average Bonchev–Trinajstić information content (AvgIpc) is 2.77. The van der Waals surface area contributed by atoms with E-state index >= 15 is 0 Å². The topological polar surface area (TPSA) is 64.6 Å². The third-order valence-corrected chi connectivity index (χ3v) is 2.95. The van der Waals surface area contributed by atoms with E-state index in [1.807, 2.05) is 6.92 Å². The summed E-state index contributed by atoms with van der Waals surface area (Å²) in [5.41, 5.74) is 0. The van der Waals surface area contributed by atoms with Crippen molar-refractivity contribution in [1.82, 2.24) is 15.5 Å². The lowest BCUT2D eigenvalue weighted by Gasteiger charge is -2.19. The number of hydrogen-bond donors (Lipinski definition) is 3. The van der Waals surface area contributed by atoms with Gasteiger partial charge >= 0.3 is 0 Å². The maximum atomic E-state index is 11.1. The van der Waals surface area contributed by atoms with Gasteiger partial charge in [-0.2, -0.15) is 0 Å². The molecule has 1 aliphatic rings. The normalized spacial score (nSPS) is 18.2. The van der Waals surface area contributed by atoms with Crippen molar-refractivity contribution in [3.8, 4) is 0 Å². The lowest BCUT2D eigenvalue weighted by atomic mass is 10.3. The number of β-amino-alcohol motifs (C(OH)–C–C–N with tert-alkyl or cyclic N) is 1. The Morgan fingerprint density at radius 3 is 2.76 bits per heavy atom. The van der Waals surface area contributed by atoms with Crippen molar-refractivity contribution in [3.63, 3.8) is 0 Å². The molecule has 0 bridgehead atoms. The summed E-state index contributed by atoms with van der Waals surface area (Å²) >= 11 is 0. The van der Waals surface area contributed by atoms with Crippen molar-refractivity contribution in [2.75, 3.05) is 39.3 Å². The number of nitrogens with one attached hydrogen (secondary N) is 2. The number of aliphatic hydroxyl groups excluding tert-OH is 1. The molecule has 1 unspecified atom stereocenters. The molecule has 0 aliphatic carbocycles. The molecule has 0 aromatic carbocycles. The molecule has 17 heavy (non-hydrogen) atoms. The molecule has 1 saturated heterocycles. The molecule has 1 amide bonds. The van der Waals surface area contributed by atoms with Gasteiger partial charge in [0.1, 0.15) is 0 Å². The van der Waals surface area contributed by atoms with E-state index in [0.29, 0.717) is 26.1 Å². The van der Waals surface area contributed by atoms with Crippen LogP contribution in [0, 0.1) is 0 Å². The maximum absolute atomic E-state index is 11.1. The molecule has 1 heterocycles. The lowest BCUT2D eigenvalue weighted by Crippen LogP contribution is -2.38. The van der Waals surface area contributed by atoms with Gasteiger partial charge in [-0.1, -0.05) is 0 Å². The van der Waals surface area contributed by atoms with Gasteiger partial charge in [0.2, 0.25) is 5.91 Å². The average molecular weight is 243 g/mol. The van der Waals surface area contributed by atoms with Crippen molar-refractivity contribution < 1.29 is 9.90 Å². The monoisotopic (exact) mass is 243 g/mol. The van der Waals surface area contributed by atoms with Gasteiger partial charge in [0.25, 0.3) is 0 Å². The summed E-state index contributed by atoms with van der Waals surface area (Å²) in [4.78, 5) is 13.4. The first-order valence-electron chi connectivity index (χ1n) is 6.60. The Hall–Kier alpha value is -0.650. The van der Waals surface area contributed by atoms with Gasteiger partial charge < -0.3 is 20.6 Å². The van der Waals surface area contributed by atoms with Crippen molar-refractivity contribution in [2.45, 2.75) is 32.3 Å². The zero-order valence-electron chi connectivity index (χ0n) is 10.7. The molecular formula is C12H25N3O2. The number of rotatable bonds is 8. The maximum Gasteiger partial charge on any atom is 0.221 e. The summed E-state index contributed by atoms with van der Waals surface area (Å²) in [6.07, 6.45) is 2.64. The second-order valence-corrected chi connectivity index (χ2v) is 4.57. The molecule has 100 valence electrons. The van der Waals surface area contributed by atoms with E-state index in [-0.39, 0.29) is 12.0 Å². The molecule has 1 rings (SSSR count). The predicted molar refractivity (Wildman–Crippen MR) is 67.9 cm³/mol. The number of aliphatic hydroxyl groups is 1. The quantitative estimate of drug-likeness (QED) is 0.506. The van der Waals surface area contributed by atoms with Gasteiger partial charge in [-0.3, -0.25) is 4.79 Å². The van der Waals surface area contributed by atoms with Crippen LogP contribution in [0.5, 0.6) is 0 Å². The molecule has 1 fully saturated rings. The first kappa shape index (κ1) is 14.4. The summed E-state index contributed by atoms with van der Waals surface area (Å²) in [7, 11) is 0. The number of carbonyl (C=O) groups excluding carboxylic acids is 1. The Balaban J connectivity index is 1.96. The summed E-state index contributed by atoms with van der Waals surface area (Å²) in [6.45, 7) is 6.74. The molecule has 0 radical (unpaired) electrons. The van der Waals surface area contributed by atoms with Crippen LogP contribution in [0.3, 0.4) is 0 Å².